The van der Waals surface area contributed by atoms with Crippen LogP contribution in [0.5, 0.6) is 0 Å². The molecule has 1 aliphatic rings. The lowest BCUT2D eigenvalue weighted by Crippen LogP contribution is -2.47. The number of carbonyl (C=O) groups excluding carboxylic acids is 1. The molecular formula is C15H24N4O. The molecule has 1 amide bonds. The van der Waals surface area contributed by atoms with Crippen molar-refractivity contribution < 1.29 is 4.79 Å². The van der Waals surface area contributed by atoms with Crippen LogP contribution in [0.1, 0.15) is 50.5 Å². The number of carbonyl (C=O) groups is 1. The van der Waals surface area contributed by atoms with Gasteiger partial charge in [0.1, 0.15) is 0 Å². The maximum absolute atomic E-state index is 12.4. The van der Waals surface area contributed by atoms with E-state index in [4.69, 9.17) is 0 Å². The largest absolute Gasteiger partial charge is 0.341 e. The number of rotatable bonds is 4. The van der Waals surface area contributed by atoms with Crippen LogP contribution in [0, 0.1) is 6.92 Å². The smallest absolute Gasteiger partial charge is 0.239 e. The summed E-state index contributed by atoms with van der Waals surface area (Å²) in [7, 11) is 0. The molecule has 1 N–H and O–H groups in total. The fourth-order valence-corrected chi connectivity index (χ4v) is 2.76. The number of aryl methyl sites for hydroxylation is 1. The number of hydrogen-bond donors (Lipinski definition) is 1. The zero-order valence-corrected chi connectivity index (χ0v) is 12.6. The van der Waals surface area contributed by atoms with Crippen molar-refractivity contribution in [3.05, 3.63) is 23.8 Å². The first kappa shape index (κ1) is 14.9. The lowest BCUT2D eigenvalue weighted by molar-refractivity contribution is -0.134. The Hall–Kier alpha value is -1.49. The summed E-state index contributed by atoms with van der Waals surface area (Å²) in [5.41, 5.74) is 1.82. The van der Waals surface area contributed by atoms with Gasteiger partial charge in [-0.25, -0.2) is 0 Å². The normalized spacial score (nSPS) is 18.6. The first-order chi connectivity index (χ1) is 9.59. The average molecular weight is 276 g/mol. The fourth-order valence-electron chi connectivity index (χ4n) is 2.76. The van der Waals surface area contributed by atoms with Crippen LogP contribution < -0.4 is 5.32 Å². The van der Waals surface area contributed by atoms with Gasteiger partial charge in [-0.3, -0.25) is 20.1 Å². The molecule has 0 saturated carbocycles. The van der Waals surface area contributed by atoms with Crippen molar-refractivity contribution in [3.63, 3.8) is 0 Å². The molecule has 0 aromatic carbocycles. The molecular weight excluding hydrogens is 252 g/mol. The third kappa shape index (κ3) is 3.54. The topological polar surface area (TPSA) is 58.1 Å². The predicted octanol–water partition coefficient (Wildman–Crippen LogP) is 1.84. The highest BCUT2D eigenvalue weighted by molar-refractivity contribution is 5.81. The molecule has 20 heavy (non-hydrogen) atoms. The van der Waals surface area contributed by atoms with Gasteiger partial charge in [-0.15, -0.1) is 0 Å². The summed E-state index contributed by atoms with van der Waals surface area (Å²) in [6.07, 6.45) is 6.86. The second-order valence-corrected chi connectivity index (χ2v) is 5.52. The van der Waals surface area contributed by atoms with Crippen LogP contribution in [0.2, 0.25) is 0 Å². The lowest BCUT2D eigenvalue weighted by Gasteiger charge is -2.30. The highest BCUT2D eigenvalue weighted by Crippen LogP contribution is 2.14. The Morgan fingerprint density at radius 1 is 1.20 bits per heavy atom. The van der Waals surface area contributed by atoms with Gasteiger partial charge in [0, 0.05) is 31.5 Å². The Morgan fingerprint density at radius 2 is 1.85 bits per heavy atom. The minimum absolute atomic E-state index is 0.0208. The molecule has 5 nitrogen and oxygen atoms in total. The van der Waals surface area contributed by atoms with E-state index in [1.54, 1.807) is 12.4 Å². The minimum atomic E-state index is -0.190. The Labute approximate surface area is 120 Å². The van der Waals surface area contributed by atoms with Crippen LogP contribution in [0.25, 0.3) is 0 Å². The van der Waals surface area contributed by atoms with Crippen LogP contribution in [0.3, 0.4) is 0 Å². The number of likely N-dealkylation sites (tertiary alicyclic amines) is 1. The Bertz CT molecular complexity index is 457. The Kier molecular flexibility index (Phi) is 5.06. The lowest BCUT2D eigenvalue weighted by atomic mass is 10.1. The molecule has 1 aliphatic heterocycles. The van der Waals surface area contributed by atoms with E-state index in [2.05, 4.69) is 15.3 Å². The van der Waals surface area contributed by atoms with Gasteiger partial charge in [-0.1, -0.05) is 0 Å². The molecule has 0 bridgehead atoms. The van der Waals surface area contributed by atoms with E-state index < -0.39 is 0 Å². The number of piperidine rings is 1. The number of nitrogens with zero attached hydrogens (tertiary/aromatic N) is 3. The highest BCUT2D eigenvalue weighted by Gasteiger charge is 2.24. The Balaban J connectivity index is 1.95. The summed E-state index contributed by atoms with van der Waals surface area (Å²) in [5, 5.41) is 3.34. The third-order valence-electron chi connectivity index (χ3n) is 3.87. The molecule has 1 saturated heterocycles. The monoisotopic (exact) mass is 276 g/mol. The molecule has 2 rings (SSSR count). The first-order valence-electron chi connectivity index (χ1n) is 7.42. The summed E-state index contributed by atoms with van der Waals surface area (Å²) >= 11 is 0. The van der Waals surface area contributed by atoms with E-state index in [9.17, 15) is 4.79 Å². The average Bonchev–Trinajstić information content (AvgIpc) is 2.47. The van der Waals surface area contributed by atoms with E-state index in [1.165, 1.54) is 6.42 Å². The van der Waals surface area contributed by atoms with E-state index >= 15 is 0 Å². The van der Waals surface area contributed by atoms with E-state index in [0.29, 0.717) is 0 Å². The molecule has 5 heteroatoms. The second kappa shape index (κ2) is 6.79. The van der Waals surface area contributed by atoms with Crippen LogP contribution in [-0.4, -0.2) is 39.9 Å². The van der Waals surface area contributed by atoms with Crippen LogP contribution >= 0.6 is 0 Å². The predicted molar refractivity (Wildman–Crippen MR) is 78.2 cm³/mol. The van der Waals surface area contributed by atoms with Crippen molar-refractivity contribution >= 4 is 5.91 Å². The van der Waals surface area contributed by atoms with E-state index in [-0.39, 0.29) is 18.0 Å². The van der Waals surface area contributed by atoms with Gasteiger partial charge in [0.05, 0.1) is 17.4 Å². The summed E-state index contributed by atoms with van der Waals surface area (Å²) in [6, 6.07) is -0.169. The van der Waals surface area contributed by atoms with Gasteiger partial charge in [0.25, 0.3) is 0 Å². The second-order valence-electron chi connectivity index (χ2n) is 5.52. The molecule has 1 fully saturated rings. The first-order valence-corrected chi connectivity index (χ1v) is 7.42. The number of aromatic nitrogens is 2. The Morgan fingerprint density at radius 3 is 2.50 bits per heavy atom. The minimum Gasteiger partial charge on any atom is -0.341 e. The van der Waals surface area contributed by atoms with Gasteiger partial charge < -0.3 is 4.90 Å². The fraction of sp³-hybridized carbons (Fsp3) is 0.667. The van der Waals surface area contributed by atoms with Crippen molar-refractivity contribution in [3.8, 4) is 0 Å². The van der Waals surface area contributed by atoms with Gasteiger partial charge in [0.15, 0.2) is 0 Å². The van der Waals surface area contributed by atoms with Crippen LogP contribution in [-0.2, 0) is 4.79 Å². The maximum atomic E-state index is 12.4. The van der Waals surface area contributed by atoms with Crippen molar-refractivity contribution in [1.82, 2.24) is 20.2 Å². The number of nitrogens with one attached hydrogen (secondary N) is 1. The van der Waals surface area contributed by atoms with Gasteiger partial charge in [-0.05, 0) is 40.0 Å². The standard InChI is InChI=1S/C15H24N4O/c1-11-14(17-8-7-16-11)12(2)18-13(3)15(20)19-9-5-4-6-10-19/h7-8,12-13,18H,4-6,9-10H2,1-3H3. The summed E-state index contributed by atoms with van der Waals surface area (Å²) < 4.78 is 0. The highest BCUT2D eigenvalue weighted by atomic mass is 16.2. The molecule has 110 valence electrons. The van der Waals surface area contributed by atoms with Crippen LogP contribution in [0.4, 0.5) is 0 Å². The maximum Gasteiger partial charge on any atom is 0.239 e. The molecule has 1 aromatic rings. The number of amides is 1. The van der Waals surface area contributed by atoms with Crippen LogP contribution in [0.15, 0.2) is 12.4 Å². The van der Waals surface area contributed by atoms with Crippen molar-refractivity contribution in [2.24, 2.45) is 0 Å². The van der Waals surface area contributed by atoms with Gasteiger partial charge in [-0.2, -0.15) is 0 Å². The molecule has 1 aromatic heterocycles. The van der Waals surface area contributed by atoms with E-state index in [0.717, 1.165) is 37.3 Å². The molecule has 0 aliphatic carbocycles. The molecule has 2 atom stereocenters. The number of hydrogen-bond acceptors (Lipinski definition) is 4. The molecule has 0 radical (unpaired) electrons. The molecule has 2 unspecified atom stereocenters. The summed E-state index contributed by atoms with van der Waals surface area (Å²) in [5.74, 6) is 0.193. The quantitative estimate of drug-likeness (QED) is 0.911. The molecule has 0 spiro atoms. The SMILES string of the molecule is Cc1nccnc1C(C)NC(C)C(=O)N1CCCCC1. The summed E-state index contributed by atoms with van der Waals surface area (Å²) in [6.45, 7) is 7.68. The van der Waals surface area contributed by atoms with Gasteiger partial charge in [0.2, 0.25) is 5.91 Å². The van der Waals surface area contributed by atoms with Crippen molar-refractivity contribution in [2.75, 3.05) is 13.1 Å². The van der Waals surface area contributed by atoms with Crippen molar-refractivity contribution in [2.45, 2.75) is 52.1 Å². The zero-order chi connectivity index (χ0) is 14.5. The van der Waals surface area contributed by atoms with E-state index in [1.807, 2.05) is 25.7 Å². The van der Waals surface area contributed by atoms with Crippen molar-refractivity contribution in [1.29, 1.82) is 0 Å². The third-order valence-corrected chi connectivity index (χ3v) is 3.87. The zero-order valence-electron chi connectivity index (χ0n) is 12.6. The summed E-state index contributed by atoms with van der Waals surface area (Å²) in [4.78, 5) is 22.9. The molecule has 2 heterocycles. The van der Waals surface area contributed by atoms with Gasteiger partial charge >= 0.3 is 0 Å².